The second-order valence-electron chi connectivity index (χ2n) is 4.58. The summed E-state index contributed by atoms with van der Waals surface area (Å²) in [5.41, 5.74) is 0.996. The molecule has 0 bridgehead atoms. The van der Waals surface area contributed by atoms with Crippen molar-refractivity contribution < 1.29 is 9.72 Å². The minimum atomic E-state index is -0.595. The van der Waals surface area contributed by atoms with Crippen LogP contribution in [0.2, 0.25) is 5.02 Å². The number of amides is 1. The molecular weight excluding hydrogens is 312 g/mol. The molecule has 1 heterocycles. The van der Waals surface area contributed by atoms with Crippen LogP contribution in [0.25, 0.3) is 0 Å². The predicted molar refractivity (Wildman–Crippen MR) is 83.0 cm³/mol. The average molecular weight is 325 g/mol. The third kappa shape index (κ3) is 3.22. The summed E-state index contributed by atoms with van der Waals surface area (Å²) < 4.78 is 0. The molecule has 0 radical (unpaired) electrons. The number of nitro benzene ring substituents is 1. The van der Waals surface area contributed by atoms with E-state index in [9.17, 15) is 14.9 Å². The molecule has 2 aromatic rings. The van der Waals surface area contributed by atoms with Crippen molar-refractivity contribution in [3.8, 4) is 0 Å². The Bertz CT molecular complexity index is 699. The second-order valence-corrected chi connectivity index (χ2v) is 5.96. The highest BCUT2D eigenvalue weighted by atomic mass is 35.5. The van der Waals surface area contributed by atoms with Crippen LogP contribution in [0.5, 0.6) is 0 Å². The highest BCUT2D eigenvalue weighted by molar-refractivity contribution is 7.10. The van der Waals surface area contributed by atoms with Crippen LogP contribution in [0.15, 0.2) is 29.6 Å². The summed E-state index contributed by atoms with van der Waals surface area (Å²) in [6, 6.07) is 6.22. The van der Waals surface area contributed by atoms with Gasteiger partial charge in [0.15, 0.2) is 0 Å². The van der Waals surface area contributed by atoms with Gasteiger partial charge in [0.05, 0.1) is 17.0 Å². The molecule has 1 aromatic heterocycles. The van der Waals surface area contributed by atoms with Gasteiger partial charge in [-0.1, -0.05) is 17.7 Å². The lowest BCUT2D eigenvalue weighted by Crippen LogP contribution is -2.26. The van der Waals surface area contributed by atoms with Crippen molar-refractivity contribution in [2.75, 3.05) is 7.05 Å². The first kappa shape index (κ1) is 15.5. The molecule has 0 atom stereocenters. The van der Waals surface area contributed by atoms with E-state index in [0.29, 0.717) is 6.54 Å². The third-order valence-corrected chi connectivity index (χ3v) is 4.51. The predicted octanol–water partition coefficient (Wildman–Crippen LogP) is 3.89. The van der Waals surface area contributed by atoms with Crippen LogP contribution in [0.4, 0.5) is 5.69 Å². The van der Waals surface area contributed by atoms with Crippen LogP contribution < -0.4 is 0 Å². The highest BCUT2D eigenvalue weighted by Gasteiger charge is 2.22. The Hall–Kier alpha value is -1.92. The highest BCUT2D eigenvalue weighted by Crippen LogP contribution is 2.29. The molecule has 0 aliphatic carbocycles. The summed E-state index contributed by atoms with van der Waals surface area (Å²) in [5.74, 6) is -0.337. The minimum Gasteiger partial charge on any atom is -0.337 e. The number of nitrogens with zero attached hydrogens (tertiary/aromatic N) is 2. The Balaban J connectivity index is 2.26. The smallest absolute Gasteiger partial charge is 0.288 e. The largest absolute Gasteiger partial charge is 0.337 e. The fourth-order valence-corrected chi connectivity index (χ4v) is 3.12. The zero-order chi connectivity index (χ0) is 15.6. The molecule has 0 aliphatic rings. The lowest BCUT2D eigenvalue weighted by atomic mass is 10.1. The van der Waals surface area contributed by atoms with Gasteiger partial charge in [-0.25, -0.2) is 0 Å². The van der Waals surface area contributed by atoms with E-state index in [4.69, 9.17) is 11.6 Å². The van der Waals surface area contributed by atoms with Crippen molar-refractivity contribution in [1.82, 2.24) is 4.90 Å². The zero-order valence-electron chi connectivity index (χ0n) is 11.5. The molecule has 5 nitrogen and oxygen atoms in total. The molecule has 21 heavy (non-hydrogen) atoms. The molecule has 1 amide bonds. The van der Waals surface area contributed by atoms with Gasteiger partial charge in [0.1, 0.15) is 5.02 Å². The van der Waals surface area contributed by atoms with Crippen molar-refractivity contribution in [3.63, 3.8) is 0 Å². The van der Waals surface area contributed by atoms with Crippen molar-refractivity contribution in [3.05, 3.63) is 60.8 Å². The molecule has 1 aromatic carbocycles. The SMILES string of the molecule is Cc1ccsc1CN(C)C(=O)c1cccc([N+](=O)[O-])c1Cl. The zero-order valence-corrected chi connectivity index (χ0v) is 13.1. The molecule has 110 valence electrons. The van der Waals surface area contributed by atoms with E-state index in [-0.39, 0.29) is 22.2 Å². The van der Waals surface area contributed by atoms with Gasteiger partial charge in [-0.15, -0.1) is 11.3 Å². The van der Waals surface area contributed by atoms with E-state index >= 15 is 0 Å². The van der Waals surface area contributed by atoms with E-state index in [1.165, 1.54) is 23.1 Å². The van der Waals surface area contributed by atoms with Crippen LogP contribution in [-0.4, -0.2) is 22.8 Å². The van der Waals surface area contributed by atoms with Crippen molar-refractivity contribution >= 4 is 34.5 Å². The van der Waals surface area contributed by atoms with E-state index < -0.39 is 4.92 Å². The van der Waals surface area contributed by atoms with Crippen molar-refractivity contribution in [1.29, 1.82) is 0 Å². The number of halogens is 1. The van der Waals surface area contributed by atoms with Gasteiger partial charge in [-0.05, 0) is 30.0 Å². The first-order valence-corrected chi connectivity index (χ1v) is 7.39. The maximum absolute atomic E-state index is 12.4. The molecule has 0 spiro atoms. The van der Waals surface area contributed by atoms with Gasteiger partial charge in [-0.3, -0.25) is 14.9 Å². The van der Waals surface area contributed by atoms with E-state index in [2.05, 4.69) is 0 Å². The van der Waals surface area contributed by atoms with Gasteiger partial charge in [0, 0.05) is 18.0 Å². The number of rotatable bonds is 4. The summed E-state index contributed by atoms with van der Waals surface area (Å²) in [4.78, 5) is 25.3. The fourth-order valence-electron chi connectivity index (χ4n) is 1.88. The van der Waals surface area contributed by atoms with Crippen LogP contribution in [0.3, 0.4) is 0 Å². The summed E-state index contributed by atoms with van der Waals surface area (Å²) in [7, 11) is 1.65. The first-order chi connectivity index (χ1) is 9.91. The first-order valence-electron chi connectivity index (χ1n) is 6.13. The number of carbonyl (C=O) groups is 1. The second kappa shape index (κ2) is 6.24. The molecule has 0 unspecified atom stereocenters. The Labute approximate surface area is 130 Å². The van der Waals surface area contributed by atoms with E-state index in [1.54, 1.807) is 18.4 Å². The summed E-state index contributed by atoms with van der Waals surface area (Å²) >= 11 is 7.54. The number of thiophene rings is 1. The van der Waals surface area contributed by atoms with Gasteiger partial charge in [0.2, 0.25) is 0 Å². The topological polar surface area (TPSA) is 63.5 Å². The fraction of sp³-hybridized carbons (Fsp3) is 0.214. The van der Waals surface area contributed by atoms with Crippen LogP contribution in [-0.2, 0) is 6.54 Å². The number of aryl methyl sites for hydroxylation is 1. The van der Waals surface area contributed by atoms with Crippen LogP contribution in [0.1, 0.15) is 20.8 Å². The maximum Gasteiger partial charge on any atom is 0.288 e. The lowest BCUT2D eigenvalue weighted by molar-refractivity contribution is -0.384. The lowest BCUT2D eigenvalue weighted by Gasteiger charge is -2.17. The van der Waals surface area contributed by atoms with Crippen molar-refractivity contribution in [2.24, 2.45) is 0 Å². The molecule has 0 fully saturated rings. The Kier molecular flexibility index (Phi) is 4.59. The quantitative estimate of drug-likeness (QED) is 0.633. The van der Waals surface area contributed by atoms with Crippen molar-refractivity contribution in [2.45, 2.75) is 13.5 Å². The standard InChI is InChI=1S/C14H13ClN2O3S/c1-9-6-7-21-12(9)8-16(2)14(18)10-4-3-5-11(13(10)15)17(19)20/h3-7H,8H2,1-2H3. The summed E-state index contributed by atoms with van der Waals surface area (Å²) in [6.45, 7) is 2.42. The normalized spacial score (nSPS) is 10.4. The summed E-state index contributed by atoms with van der Waals surface area (Å²) in [6.07, 6.45) is 0. The Morgan fingerprint density at radius 2 is 2.14 bits per heavy atom. The molecule has 0 aliphatic heterocycles. The molecular formula is C14H13ClN2O3S. The number of carbonyl (C=O) groups excluding carboxylic acids is 1. The summed E-state index contributed by atoms with van der Waals surface area (Å²) in [5, 5.41) is 12.7. The molecule has 0 N–H and O–H groups in total. The van der Waals surface area contributed by atoms with Gasteiger partial charge in [-0.2, -0.15) is 0 Å². The maximum atomic E-state index is 12.4. The third-order valence-electron chi connectivity index (χ3n) is 3.10. The van der Waals surface area contributed by atoms with Crippen LogP contribution >= 0.6 is 22.9 Å². The molecule has 7 heteroatoms. The Morgan fingerprint density at radius 1 is 1.43 bits per heavy atom. The number of nitro groups is 1. The van der Waals surface area contributed by atoms with Crippen LogP contribution in [0, 0.1) is 17.0 Å². The van der Waals surface area contributed by atoms with Gasteiger partial charge in [0.25, 0.3) is 11.6 Å². The average Bonchev–Trinajstić information content (AvgIpc) is 2.83. The number of hydrogen-bond acceptors (Lipinski definition) is 4. The Morgan fingerprint density at radius 3 is 2.71 bits per heavy atom. The minimum absolute atomic E-state index is 0.123. The van der Waals surface area contributed by atoms with Gasteiger partial charge >= 0.3 is 0 Å². The van der Waals surface area contributed by atoms with E-state index in [0.717, 1.165) is 10.4 Å². The van der Waals surface area contributed by atoms with E-state index in [1.807, 2.05) is 18.4 Å². The number of hydrogen-bond donors (Lipinski definition) is 0. The molecule has 2 rings (SSSR count). The number of benzene rings is 1. The molecule has 0 saturated heterocycles. The monoisotopic (exact) mass is 324 g/mol. The molecule has 0 saturated carbocycles. The van der Waals surface area contributed by atoms with Gasteiger partial charge < -0.3 is 4.90 Å².